The van der Waals surface area contributed by atoms with Crippen LogP contribution in [0.3, 0.4) is 0 Å². The smallest absolute Gasteiger partial charge is 0.239 e. The molecule has 3 N–H and O–H groups in total. The van der Waals surface area contributed by atoms with Crippen LogP contribution in [0, 0.1) is 0 Å². The van der Waals surface area contributed by atoms with Gasteiger partial charge < -0.3 is 16.0 Å². The quantitative estimate of drug-likeness (QED) is 0.652. The first kappa shape index (κ1) is 23.2. The minimum atomic E-state index is 0. The van der Waals surface area contributed by atoms with E-state index < -0.39 is 0 Å². The van der Waals surface area contributed by atoms with Gasteiger partial charge in [-0.3, -0.25) is 9.78 Å². The summed E-state index contributed by atoms with van der Waals surface area (Å²) in [5.74, 6) is 0.0229. The van der Waals surface area contributed by atoms with Crippen molar-refractivity contribution in [1.29, 1.82) is 0 Å². The van der Waals surface area contributed by atoms with Gasteiger partial charge in [0.25, 0.3) is 0 Å². The molecule has 2 rings (SSSR count). The van der Waals surface area contributed by atoms with E-state index in [1.807, 2.05) is 48.7 Å². The maximum Gasteiger partial charge on any atom is 0.239 e. The Hall–Kier alpha value is -1.82. The van der Waals surface area contributed by atoms with Crippen LogP contribution in [0.4, 0.5) is 5.69 Å². The zero-order valence-corrected chi connectivity index (χ0v) is 15.8. The molecule has 1 aromatic heterocycles. The van der Waals surface area contributed by atoms with Crippen LogP contribution in [0.1, 0.15) is 18.4 Å². The number of halogens is 2. The molecule has 0 unspecified atom stereocenters. The highest BCUT2D eigenvalue weighted by Gasteiger charge is 2.12. The summed E-state index contributed by atoms with van der Waals surface area (Å²) in [6.07, 6.45) is 5.42. The molecule has 1 amide bonds. The van der Waals surface area contributed by atoms with Gasteiger partial charge in [-0.05, 0) is 43.1 Å². The number of carbonyl (C=O) groups excluding carboxylic acids is 1. The van der Waals surface area contributed by atoms with E-state index in [0.717, 1.165) is 24.1 Å². The van der Waals surface area contributed by atoms with E-state index >= 15 is 0 Å². The van der Waals surface area contributed by atoms with Crippen LogP contribution in [0.15, 0.2) is 54.9 Å². The Morgan fingerprint density at radius 1 is 1.08 bits per heavy atom. The molecule has 0 saturated heterocycles. The third-order valence-electron chi connectivity index (χ3n) is 3.51. The molecule has 0 radical (unpaired) electrons. The lowest BCUT2D eigenvalue weighted by Gasteiger charge is -2.24. The first-order valence-corrected chi connectivity index (χ1v) is 7.95. The van der Waals surface area contributed by atoms with E-state index in [1.54, 1.807) is 6.20 Å². The second-order valence-electron chi connectivity index (χ2n) is 5.40. The summed E-state index contributed by atoms with van der Waals surface area (Å²) in [4.78, 5) is 18.4. The normalized spacial score (nSPS) is 9.48. The molecule has 0 saturated carbocycles. The van der Waals surface area contributed by atoms with Gasteiger partial charge in [0, 0.05) is 31.2 Å². The third-order valence-corrected chi connectivity index (χ3v) is 3.51. The zero-order chi connectivity index (χ0) is 16.3. The van der Waals surface area contributed by atoms with Gasteiger partial charge in [-0.15, -0.1) is 24.8 Å². The minimum absolute atomic E-state index is 0. The third kappa shape index (κ3) is 8.72. The first-order chi connectivity index (χ1) is 11.3. The number of nitrogens with two attached hydrogens (primary N) is 1. The second kappa shape index (κ2) is 13.5. The van der Waals surface area contributed by atoms with Crippen LogP contribution >= 0.6 is 24.8 Å². The predicted molar refractivity (Wildman–Crippen MR) is 108 cm³/mol. The van der Waals surface area contributed by atoms with Gasteiger partial charge in [-0.1, -0.05) is 24.3 Å². The largest absolute Gasteiger partial charge is 0.358 e. The fourth-order valence-electron chi connectivity index (χ4n) is 2.32. The monoisotopic (exact) mass is 384 g/mol. The molecule has 1 heterocycles. The summed E-state index contributed by atoms with van der Waals surface area (Å²) in [6, 6.07) is 13.9. The maximum atomic E-state index is 12.2. The molecule has 0 aliphatic carbocycles. The highest BCUT2D eigenvalue weighted by Crippen LogP contribution is 2.16. The minimum Gasteiger partial charge on any atom is -0.358 e. The van der Waals surface area contributed by atoms with Gasteiger partial charge in [0.1, 0.15) is 0 Å². The summed E-state index contributed by atoms with van der Waals surface area (Å²) in [6.45, 7) is 2.30. The highest BCUT2D eigenvalue weighted by molar-refractivity contribution is 5.85. The molecule has 2 aromatic rings. The van der Waals surface area contributed by atoms with Crippen LogP contribution in [-0.2, 0) is 11.3 Å². The molecule has 0 spiro atoms. The van der Waals surface area contributed by atoms with E-state index in [1.165, 1.54) is 0 Å². The summed E-state index contributed by atoms with van der Waals surface area (Å²) in [7, 11) is 0. The molecular weight excluding hydrogens is 359 g/mol. The average molecular weight is 385 g/mol. The number of rotatable bonds is 9. The Kier molecular flexibility index (Phi) is 12.5. The van der Waals surface area contributed by atoms with Gasteiger partial charge in [0.2, 0.25) is 5.91 Å². The molecule has 0 atom stereocenters. The summed E-state index contributed by atoms with van der Waals surface area (Å²) < 4.78 is 0. The Morgan fingerprint density at radius 2 is 1.84 bits per heavy atom. The lowest BCUT2D eigenvalue weighted by molar-refractivity contribution is -0.119. The number of benzene rings is 1. The van der Waals surface area contributed by atoms with Crippen molar-refractivity contribution in [3.63, 3.8) is 0 Å². The number of hydrogen-bond donors (Lipinski definition) is 2. The molecule has 0 fully saturated rings. The number of nitrogens with one attached hydrogen (secondary N) is 1. The summed E-state index contributed by atoms with van der Waals surface area (Å²) in [5, 5.41) is 2.95. The lowest BCUT2D eigenvalue weighted by atomic mass is 10.2. The van der Waals surface area contributed by atoms with E-state index in [-0.39, 0.29) is 30.7 Å². The van der Waals surface area contributed by atoms with Crippen molar-refractivity contribution in [1.82, 2.24) is 10.3 Å². The molecular formula is C18H26Cl2N4O. The fraction of sp³-hybridized carbons (Fsp3) is 0.333. The number of unbranched alkanes of at least 4 members (excludes halogenated alkanes) is 1. The van der Waals surface area contributed by atoms with Crippen molar-refractivity contribution in [2.45, 2.75) is 19.4 Å². The molecule has 0 bridgehead atoms. The van der Waals surface area contributed by atoms with Gasteiger partial charge >= 0.3 is 0 Å². The van der Waals surface area contributed by atoms with Crippen LogP contribution < -0.4 is 16.0 Å². The van der Waals surface area contributed by atoms with E-state index in [0.29, 0.717) is 26.2 Å². The van der Waals surface area contributed by atoms with Gasteiger partial charge in [0.15, 0.2) is 0 Å². The maximum absolute atomic E-state index is 12.2. The van der Waals surface area contributed by atoms with E-state index in [9.17, 15) is 4.79 Å². The Balaban J connectivity index is 0.00000288. The highest BCUT2D eigenvalue weighted by atomic mass is 35.5. The molecule has 138 valence electrons. The Labute approximate surface area is 161 Å². The molecule has 0 aliphatic rings. The predicted octanol–water partition coefficient (Wildman–Crippen LogP) is 2.79. The number of hydrogen-bond acceptors (Lipinski definition) is 4. The number of para-hydroxylation sites is 1. The van der Waals surface area contributed by atoms with Gasteiger partial charge in [-0.25, -0.2) is 0 Å². The van der Waals surface area contributed by atoms with E-state index in [4.69, 9.17) is 5.73 Å². The van der Waals surface area contributed by atoms with Crippen LogP contribution in [0.2, 0.25) is 0 Å². The number of amides is 1. The molecule has 1 aromatic carbocycles. The van der Waals surface area contributed by atoms with Crippen molar-refractivity contribution in [2.24, 2.45) is 5.73 Å². The van der Waals surface area contributed by atoms with Crippen LogP contribution in [-0.4, -0.2) is 30.5 Å². The zero-order valence-electron chi connectivity index (χ0n) is 14.1. The SMILES string of the molecule is Cl.Cl.NCCCCNC(=O)CN(Cc1cccnc1)c1ccccc1. The van der Waals surface area contributed by atoms with Crippen LogP contribution in [0.5, 0.6) is 0 Å². The number of pyridine rings is 1. The van der Waals surface area contributed by atoms with Gasteiger partial charge in [0.05, 0.1) is 6.54 Å². The Bertz CT molecular complexity index is 584. The van der Waals surface area contributed by atoms with Crippen molar-refractivity contribution >= 4 is 36.4 Å². The van der Waals surface area contributed by atoms with Crippen molar-refractivity contribution in [2.75, 3.05) is 24.5 Å². The summed E-state index contributed by atoms with van der Waals surface area (Å²) >= 11 is 0. The van der Waals surface area contributed by atoms with Gasteiger partial charge in [-0.2, -0.15) is 0 Å². The molecule has 5 nitrogen and oxygen atoms in total. The van der Waals surface area contributed by atoms with E-state index in [2.05, 4.69) is 15.2 Å². The first-order valence-electron chi connectivity index (χ1n) is 7.95. The number of aromatic nitrogens is 1. The lowest BCUT2D eigenvalue weighted by Crippen LogP contribution is -2.37. The second-order valence-corrected chi connectivity index (χ2v) is 5.40. The van der Waals surface area contributed by atoms with Crippen molar-refractivity contribution in [3.8, 4) is 0 Å². The van der Waals surface area contributed by atoms with Crippen LogP contribution in [0.25, 0.3) is 0 Å². The fourth-order valence-corrected chi connectivity index (χ4v) is 2.32. The number of nitrogens with zero attached hydrogens (tertiary/aromatic N) is 2. The van der Waals surface area contributed by atoms with Crippen molar-refractivity contribution < 1.29 is 4.79 Å². The standard InChI is InChI=1S/C18H24N4O.2ClH/c19-10-4-5-12-21-18(23)15-22(17-8-2-1-3-9-17)14-16-7-6-11-20-13-16;;/h1-3,6-9,11,13H,4-5,10,12,14-15,19H2,(H,21,23);2*1H. The number of anilines is 1. The number of carbonyl (C=O) groups is 1. The molecule has 7 heteroatoms. The average Bonchev–Trinajstić information content (AvgIpc) is 2.60. The van der Waals surface area contributed by atoms with Crippen molar-refractivity contribution in [3.05, 3.63) is 60.4 Å². The Morgan fingerprint density at radius 3 is 2.48 bits per heavy atom. The topological polar surface area (TPSA) is 71.2 Å². The summed E-state index contributed by atoms with van der Waals surface area (Å²) in [5.41, 5.74) is 7.56. The molecule has 25 heavy (non-hydrogen) atoms. The molecule has 0 aliphatic heterocycles.